The van der Waals surface area contributed by atoms with Crippen molar-refractivity contribution in [1.29, 1.82) is 0 Å². The van der Waals surface area contributed by atoms with Gasteiger partial charge in [-0.25, -0.2) is 9.59 Å². The molecule has 0 spiro atoms. The van der Waals surface area contributed by atoms with Gasteiger partial charge in [-0.15, -0.1) is 0 Å². The molecule has 19 nitrogen and oxygen atoms in total. The van der Waals surface area contributed by atoms with Crippen molar-refractivity contribution in [2.24, 2.45) is 0 Å². The highest BCUT2D eigenvalue weighted by molar-refractivity contribution is 7.41. The van der Waals surface area contributed by atoms with Gasteiger partial charge in [-0.1, -0.05) is 78.3 Å². The average molecular weight is 1000 g/mol. The van der Waals surface area contributed by atoms with Gasteiger partial charge in [0.15, 0.2) is 5.34 Å². The molecule has 70 heavy (non-hydrogen) atoms. The number of carbonyl (C=O) groups is 1. The first-order valence-electron chi connectivity index (χ1n) is 21.9. The zero-order chi connectivity index (χ0) is 50.3. The number of aryl methyl sites for hydroxylation is 2. The predicted molar refractivity (Wildman–Crippen MR) is 256 cm³/mol. The summed E-state index contributed by atoms with van der Waals surface area (Å²) in [5.41, 5.74) is -0.359. The van der Waals surface area contributed by atoms with Crippen molar-refractivity contribution in [2.75, 3.05) is 27.4 Å². The molecule has 21 heteroatoms. The van der Waals surface area contributed by atoms with E-state index in [1.54, 1.807) is 33.3 Å². The maximum absolute atomic E-state index is 12.8. The molecule has 4 heterocycles. The number of halogens is 1. The predicted octanol–water partition coefficient (Wildman–Crippen LogP) is 5.11. The highest BCUT2D eigenvalue weighted by Gasteiger charge is 2.54. The SMILES string of the molecule is COc1ccc(C(OC[C@H]2O[C@@H](n3cc(C)c(=O)[nH]c3=O)C[C@@H]2OC(C)=O)(c2ccccc2)c2ccc(OC)cc2)cc1.Cc1cn([C@H]2C[C@@](O)([PH](=O)Oc3ccccc3Cl)[C@@H](CO)O2)c(=O)[nH]c1=O. The Morgan fingerprint density at radius 2 is 1.30 bits per heavy atom. The quantitative estimate of drug-likeness (QED) is 0.0593. The molecular formula is C49H52ClN4O15P. The van der Waals surface area contributed by atoms with Crippen molar-refractivity contribution in [3.8, 4) is 17.2 Å². The van der Waals surface area contributed by atoms with Crippen molar-refractivity contribution < 1.29 is 52.5 Å². The number of aromatic nitrogens is 4. The second-order valence-electron chi connectivity index (χ2n) is 16.5. The van der Waals surface area contributed by atoms with Gasteiger partial charge in [0.1, 0.15) is 53.6 Å². The van der Waals surface area contributed by atoms with Gasteiger partial charge in [0.2, 0.25) is 0 Å². The number of benzene rings is 4. The van der Waals surface area contributed by atoms with Crippen LogP contribution in [0.2, 0.25) is 5.02 Å². The first kappa shape index (κ1) is 51.3. The molecule has 2 aliphatic heterocycles. The lowest BCUT2D eigenvalue weighted by Gasteiger charge is -2.37. The molecule has 4 N–H and O–H groups in total. The van der Waals surface area contributed by atoms with E-state index in [0.29, 0.717) is 17.1 Å². The number of hydrogen-bond acceptors (Lipinski definition) is 15. The van der Waals surface area contributed by atoms with Crippen molar-refractivity contribution in [1.82, 2.24) is 19.1 Å². The molecule has 2 aromatic heterocycles. The molecule has 4 aromatic carbocycles. The Labute approximate surface area is 405 Å². The summed E-state index contributed by atoms with van der Waals surface area (Å²) in [5, 5.41) is 18.7. The number of aliphatic hydroxyl groups excluding tert-OH is 1. The van der Waals surface area contributed by atoms with E-state index >= 15 is 0 Å². The van der Waals surface area contributed by atoms with Crippen molar-refractivity contribution >= 4 is 25.6 Å². The number of nitrogens with one attached hydrogen (secondary N) is 2. The molecule has 370 valence electrons. The largest absolute Gasteiger partial charge is 0.497 e. The molecule has 0 saturated carbocycles. The molecule has 1 unspecified atom stereocenters. The lowest BCUT2D eigenvalue weighted by atomic mass is 9.80. The standard InChI is InChI=1S/C33H34N2O8.C16H18ClN2O7P/c1-21-19-35(32(38)34-31(21)37)30-18-28(42-22(2)36)29(43-30)20-41-33(23-8-6-5-7-9-23,24-10-14-26(39-3)15-11-24)25-12-16-27(40-4)17-13-25;1-9-7-19(15(22)18-14(9)21)13-6-16(23,12(8-20)25-13)27(24)26-11-5-3-2-4-10(11)17/h5-17,19,28-30H,18,20H2,1-4H3,(H,34,37,38);2-5,7,12-13,20,23,27H,6,8H2,1H3,(H,18,21,22)/t28-,29+,30+;12-,13-,16-/m01/s1. The van der Waals surface area contributed by atoms with E-state index in [2.05, 4.69) is 9.97 Å². The molecule has 0 radical (unpaired) electrons. The van der Waals surface area contributed by atoms with E-state index in [4.69, 9.17) is 44.5 Å². The number of esters is 1. The summed E-state index contributed by atoms with van der Waals surface area (Å²) in [6.07, 6.45) is -1.88. The molecule has 2 aliphatic rings. The van der Waals surface area contributed by atoms with Gasteiger partial charge in [0.25, 0.3) is 19.1 Å². The minimum Gasteiger partial charge on any atom is -0.497 e. The van der Waals surface area contributed by atoms with E-state index in [9.17, 15) is 38.8 Å². The number of aromatic amines is 2. The number of hydrogen-bond donors (Lipinski definition) is 4. The van der Waals surface area contributed by atoms with E-state index in [1.165, 1.54) is 42.9 Å². The van der Waals surface area contributed by atoms with E-state index in [0.717, 1.165) is 21.3 Å². The number of H-pyrrole nitrogens is 2. The average Bonchev–Trinajstić information content (AvgIpc) is 3.92. The van der Waals surface area contributed by atoms with Crippen LogP contribution in [0.25, 0.3) is 0 Å². The first-order chi connectivity index (χ1) is 33.5. The molecule has 7 atom stereocenters. The molecule has 0 bridgehead atoms. The second-order valence-corrected chi connectivity index (χ2v) is 18.5. The normalized spacial score (nSPS) is 21.3. The molecule has 0 amide bonds. The Morgan fingerprint density at radius 1 is 0.786 bits per heavy atom. The summed E-state index contributed by atoms with van der Waals surface area (Å²) in [4.78, 5) is 64.7. The number of para-hydroxylation sites is 1. The molecule has 0 aliphatic carbocycles. The summed E-state index contributed by atoms with van der Waals surface area (Å²) in [6.45, 7) is 3.78. The van der Waals surface area contributed by atoms with Crippen LogP contribution in [0.4, 0.5) is 0 Å². The van der Waals surface area contributed by atoms with Gasteiger partial charge in [-0.2, -0.15) is 0 Å². The number of aliphatic hydroxyl groups is 2. The molecule has 2 fully saturated rings. The monoisotopic (exact) mass is 1000 g/mol. The lowest BCUT2D eigenvalue weighted by molar-refractivity contribution is -0.153. The molecular weight excluding hydrogens is 951 g/mol. The number of methoxy groups -OCH3 is 2. The Balaban J connectivity index is 0.000000229. The van der Waals surface area contributed by atoms with Crippen molar-refractivity contribution in [3.05, 3.63) is 190 Å². The smallest absolute Gasteiger partial charge is 0.330 e. The summed E-state index contributed by atoms with van der Waals surface area (Å²) >= 11 is 5.98. The fourth-order valence-corrected chi connectivity index (χ4v) is 9.83. The van der Waals surface area contributed by atoms with Gasteiger partial charge in [-0.3, -0.25) is 38.1 Å². The van der Waals surface area contributed by atoms with E-state index in [1.807, 2.05) is 78.9 Å². The van der Waals surface area contributed by atoms with Crippen LogP contribution in [0.3, 0.4) is 0 Å². The van der Waals surface area contributed by atoms with Crippen LogP contribution in [0, 0.1) is 13.8 Å². The number of ether oxygens (including phenoxy) is 6. The second kappa shape index (κ2) is 22.0. The van der Waals surface area contributed by atoms with Gasteiger partial charge in [-0.05, 0) is 66.9 Å². The lowest BCUT2D eigenvalue weighted by Crippen LogP contribution is -2.39. The Bertz CT molecular complexity index is 3010. The van der Waals surface area contributed by atoms with Gasteiger partial charge < -0.3 is 43.2 Å². The highest BCUT2D eigenvalue weighted by Crippen LogP contribution is 2.52. The number of rotatable bonds is 15. The third kappa shape index (κ3) is 10.9. The fourth-order valence-electron chi connectivity index (χ4n) is 8.28. The molecule has 6 aromatic rings. The van der Waals surface area contributed by atoms with E-state index in [-0.39, 0.29) is 35.8 Å². The van der Waals surface area contributed by atoms with Crippen LogP contribution in [0.5, 0.6) is 17.2 Å². The zero-order valence-electron chi connectivity index (χ0n) is 38.7. The Kier molecular flexibility index (Phi) is 16.1. The fraction of sp³-hybridized carbons (Fsp3) is 0.327. The third-order valence-corrected chi connectivity index (χ3v) is 13.9. The number of nitrogens with zero attached hydrogens (tertiary/aromatic N) is 2. The van der Waals surface area contributed by atoms with Gasteiger partial charge in [0, 0.05) is 43.3 Å². The zero-order valence-corrected chi connectivity index (χ0v) is 40.4. The van der Waals surface area contributed by atoms with Crippen molar-refractivity contribution in [3.63, 3.8) is 0 Å². The maximum atomic E-state index is 12.8. The van der Waals surface area contributed by atoms with Gasteiger partial charge in [0.05, 0.1) is 32.5 Å². The minimum absolute atomic E-state index is 0.00150. The van der Waals surface area contributed by atoms with E-state index < -0.39 is 84.8 Å². The molecule has 8 rings (SSSR count). The van der Waals surface area contributed by atoms with Crippen LogP contribution < -0.4 is 36.5 Å². The summed E-state index contributed by atoms with van der Waals surface area (Å²) in [6, 6.07) is 31.4. The summed E-state index contributed by atoms with van der Waals surface area (Å²) in [7, 11) is -0.00446. The third-order valence-electron chi connectivity index (χ3n) is 11.9. The van der Waals surface area contributed by atoms with Gasteiger partial charge >= 0.3 is 17.3 Å². The summed E-state index contributed by atoms with van der Waals surface area (Å²) < 4.78 is 55.8. The Morgan fingerprint density at radius 3 is 1.81 bits per heavy atom. The van der Waals surface area contributed by atoms with Crippen LogP contribution in [-0.2, 0) is 33.9 Å². The maximum Gasteiger partial charge on any atom is 0.330 e. The van der Waals surface area contributed by atoms with Crippen LogP contribution in [-0.4, -0.2) is 86.4 Å². The van der Waals surface area contributed by atoms with Crippen molar-refractivity contribution in [2.45, 2.75) is 75.3 Å². The van der Waals surface area contributed by atoms with Crippen LogP contribution in [0.1, 0.15) is 60.0 Å². The summed E-state index contributed by atoms with van der Waals surface area (Å²) in [5.74, 6) is 1.02. The molecule has 2 saturated heterocycles. The topological polar surface area (TPSA) is 249 Å². The first-order valence-corrected chi connectivity index (χ1v) is 23.6. The van der Waals surface area contributed by atoms with Crippen LogP contribution >= 0.6 is 19.6 Å². The minimum atomic E-state index is -3.22. The number of carbonyl (C=O) groups excluding carboxylic acids is 1. The van der Waals surface area contributed by atoms with Crippen LogP contribution in [0.15, 0.2) is 135 Å². The highest BCUT2D eigenvalue weighted by atomic mass is 35.5. The Hall–Kier alpha value is -6.57.